The third kappa shape index (κ3) is 5.48. The Kier molecular flexibility index (Phi) is 7.59. The number of rotatable bonds is 9. The molecular formula is C30H39BFN3O4. The number of pyridine rings is 1. The van der Waals surface area contributed by atoms with Crippen LogP contribution in [-0.2, 0) is 14.1 Å². The topological polar surface area (TPSA) is 89.6 Å². The molecule has 0 spiro atoms. The number of aromatic nitrogens is 1. The lowest BCUT2D eigenvalue weighted by atomic mass is 9.43. The molecule has 9 heteroatoms. The Hall–Kier alpha value is -2.78. The monoisotopic (exact) mass is 535 g/mol. The quantitative estimate of drug-likeness (QED) is 0.447. The van der Waals surface area contributed by atoms with E-state index in [1.54, 1.807) is 30.5 Å². The lowest BCUT2D eigenvalue weighted by Gasteiger charge is -2.64. The maximum Gasteiger partial charge on any atom is 0.481 e. The van der Waals surface area contributed by atoms with E-state index in [1.807, 2.05) is 0 Å². The first-order valence-corrected chi connectivity index (χ1v) is 14.1. The molecule has 7 nitrogen and oxygen atoms in total. The van der Waals surface area contributed by atoms with Crippen LogP contribution >= 0.6 is 0 Å². The summed E-state index contributed by atoms with van der Waals surface area (Å²) in [7, 11) is -0.542. The van der Waals surface area contributed by atoms with Crippen molar-refractivity contribution in [2.75, 3.05) is 0 Å². The van der Waals surface area contributed by atoms with Gasteiger partial charge >= 0.3 is 7.12 Å². The summed E-state index contributed by atoms with van der Waals surface area (Å²) in [5.41, 5.74) is 0.730. The Labute approximate surface area is 230 Å². The minimum atomic E-state index is -0.730. The van der Waals surface area contributed by atoms with Crippen molar-refractivity contribution >= 4 is 18.9 Å². The molecule has 2 amide bonds. The van der Waals surface area contributed by atoms with Gasteiger partial charge in [-0.2, -0.15) is 0 Å². The molecule has 2 bridgehead atoms. The van der Waals surface area contributed by atoms with E-state index in [2.05, 4.69) is 50.2 Å². The zero-order valence-electron chi connectivity index (χ0n) is 23.4. The third-order valence-corrected chi connectivity index (χ3v) is 9.24. The van der Waals surface area contributed by atoms with Crippen molar-refractivity contribution in [2.24, 2.45) is 23.2 Å². The smallest absolute Gasteiger partial charge is 0.404 e. The largest absolute Gasteiger partial charge is 0.481 e. The lowest BCUT2D eigenvalue weighted by Crippen LogP contribution is -2.65. The number of hydrogen-bond acceptors (Lipinski definition) is 5. The van der Waals surface area contributed by atoms with Gasteiger partial charge in [0.2, 0.25) is 5.91 Å². The zero-order chi connectivity index (χ0) is 27.9. The van der Waals surface area contributed by atoms with Gasteiger partial charge in [0.25, 0.3) is 5.91 Å². The average molecular weight is 535 g/mol. The van der Waals surface area contributed by atoms with Gasteiger partial charge in [0.1, 0.15) is 5.82 Å². The second-order valence-corrected chi connectivity index (χ2v) is 12.7. The first-order chi connectivity index (χ1) is 18.5. The van der Waals surface area contributed by atoms with Gasteiger partial charge in [0.05, 0.1) is 35.7 Å². The second-order valence-electron chi connectivity index (χ2n) is 12.7. The minimum absolute atomic E-state index is 0.0182. The van der Waals surface area contributed by atoms with Crippen molar-refractivity contribution in [3.05, 3.63) is 65.7 Å². The van der Waals surface area contributed by atoms with Crippen LogP contribution in [0.2, 0.25) is 0 Å². The predicted octanol–water partition coefficient (Wildman–Crippen LogP) is 4.88. The Morgan fingerprint density at radius 2 is 1.95 bits per heavy atom. The van der Waals surface area contributed by atoms with E-state index < -0.39 is 19.0 Å². The highest BCUT2D eigenvalue weighted by Crippen LogP contribution is 2.65. The summed E-state index contributed by atoms with van der Waals surface area (Å²) in [5, 5.41) is 6.04. The number of nitrogens with one attached hydrogen (secondary N) is 2. The maximum atomic E-state index is 14.1. The van der Waals surface area contributed by atoms with Gasteiger partial charge in [-0.05, 0) is 79.2 Å². The number of carbonyl (C=O) groups excluding carboxylic acids is 2. The Morgan fingerprint density at radius 3 is 2.62 bits per heavy atom. The fraction of sp³-hybridized carbons (Fsp3) is 0.567. The zero-order valence-corrected chi connectivity index (χ0v) is 23.4. The Balaban J connectivity index is 1.31. The highest BCUT2D eigenvalue weighted by atomic mass is 19.1. The van der Waals surface area contributed by atoms with Crippen molar-refractivity contribution in [1.82, 2.24) is 15.6 Å². The molecule has 1 aromatic carbocycles. The molecule has 2 N–H and O–H groups in total. The molecule has 2 aromatic rings. The summed E-state index contributed by atoms with van der Waals surface area (Å²) in [6.45, 7) is 11.0. The van der Waals surface area contributed by atoms with Gasteiger partial charge in [0.15, 0.2) is 0 Å². The summed E-state index contributed by atoms with van der Waals surface area (Å²) in [6, 6.07) is 8.54. The van der Waals surface area contributed by atoms with Crippen LogP contribution in [0.15, 0.2) is 48.8 Å². The highest BCUT2D eigenvalue weighted by Gasteiger charge is 2.68. The summed E-state index contributed by atoms with van der Waals surface area (Å²) in [5.74, 6) is -0.0696. The number of halogens is 1. The summed E-state index contributed by atoms with van der Waals surface area (Å²) >= 11 is 0. The second kappa shape index (κ2) is 10.7. The van der Waals surface area contributed by atoms with Crippen molar-refractivity contribution in [3.8, 4) is 0 Å². The van der Waals surface area contributed by atoms with E-state index in [0.717, 1.165) is 12.8 Å². The molecule has 1 unspecified atom stereocenters. The number of hydrogen-bond donors (Lipinski definition) is 2. The molecular weight excluding hydrogens is 496 g/mol. The summed E-state index contributed by atoms with van der Waals surface area (Å²) in [6.07, 6.45) is 5.81. The molecule has 6 atom stereocenters. The van der Waals surface area contributed by atoms with Crippen LogP contribution in [-0.4, -0.2) is 41.6 Å². The lowest BCUT2D eigenvalue weighted by molar-refractivity contribution is -0.199. The van der Waals surface area contributed by atoms with Crippen LogP contribution in [0, 0.1) is 29.0 Å². The average Bonchev–Trinajstić information content (AvgIpc) is 3.25. The van der Waals surface area contributed by atoms with Crippen LogP contribution < -0.4 is 10.6 Å². The third-order valence-electron chi connectivity index (χ3n) is 9.24. The van der Waals surface area contributed by atoms with Crippen molar-refractivity contribution in [2.45, 2.75) is 84.0 Å². The fourth-order valence-electron chi connectivity index (χ4n) is 6.98. The molecule has 3 saturated carbocycles. The van der Waals surface area contributed by atoms with Gasteiger partial charge in [-0.1, -0.05) is 39.8 Å². The number of amides is 2. The highest BCUT2D eigenvalue weighted by molar-refractivity contribution is 6.47. The first kappa shape index (κ1) is 27.8. The van der Waals surface area contributed by atoms with E-state index in [0.29, 0.717) is 35.3 Å². The molecule has 39 heavy (non-hydrogen) atoms. The first-order valence-electron chi connectivity index (χ1n) is 14.1. The molecule has 6 rings (SSSR count). The van der Waals surface area contributed by atoms with Gasteiger partial charge in [-0.25, -0.2) is 4.39 Å². The van der Waals surface area contributed by atoms with Crippen molar-refractivity contribution in [1.29, 1.82) is 0 Å². The molecule has 1 saturated heterocycles. The molecule has 4 aliphatic rings. The summed E-state index contributed by atoms with van der Waals surface area (Å²) < 4.78 is 27.3. The van der Waals surface area contributed by atoms with Crippen LogP contribution in [0.25, 0.3) is 0 Å². The van der Waals surface area contributed by atoms with Gasteiger partial charge in [-0.3, -0.25) is 14.6 Å². The molecule has 0 radical (unpaired) electrons. The van der Waals surface area contributed by atoms with E-state index in [4.69, 9.17) is 9.31 Å². The van der Waals surface area contributed by atoms with Crippen LogP contribution in [0.4, 0.5) is 4.39 Å². The number of carbonyl (C=O) groups is 2. The van der Waals surface area contributed by atoms with Gasteiger partial charge in [-0.15, -0.1) is 0 Å². The van der Waals surface area contributed by atoms with Crippen LogP contribution in [0.5, 0.6) is 0 Å². The van der Waals surface area contributed by atoms with E-state index in [1.165, 1.54) is 18.3 Å². The molecule has 1 aliphatic heterocycles. The van der Waals surface area contributed by atoms with Crippen LogP contribution in [0.3, 0.4) is 0 Å². The standard InChI is InChI=1S/C30H39BFN3O4/c1-18(2)12-26(31-38-25-15-21-14-24(29(21,3)4)30(25,5)39-31)35-27(36)16-23(19-8-6-10-22(32)13-19)34-28(37)20-9-7-11-33-17-20/h6-11,13,17-18,21,23-26H,12,14-16H2,1-5H3,(H,34,37)(H,35,36)/t21-,23?,24-,25+,26-,30-/m0/s1. The van der Waals surface area contributed by atoms with E-state index in [-0.39, 0.29) is 41.3 Å². The minimum Gasteiger partial charge on any atom is -0.404 e. The number of benzene rings is 1. The van der Waals surface area contributed by atoms with Crippen molar-refractivity contribution in [3.63, 3.8) is 0 Å². The van der Waals surface area contributed by atoms with E-state index >= 15 is 0 Å². The van der Waals surface area contributed by atoms with E-state index in [9.17, 15) is 14.0 Å². The predicted molar refractivity (Wildman–Crippen MR) is 147 cm³/mol. The fourth-order valence-corrected chi connectivity index (χ4v) is 6.98. The Morgan fingerprint density at radius 1 is 1.15 bits per heavy atom. The molecule has 2 heterocycles. The van der Waals surface area contributed by atoms with Crippen LogP contribution in [0.1, 0.15) is 82.3 Å². The summed E-state index contributed by atoms with van der Waals surface area (Å²) in [4.78, 5) is 30.4. The molecule has 1 aromatic heterocycles. The normalized spacial score (nSPS) is 28.3. The molecule has 3 aliphatic carbocycles. The maximum absolute atomic E-state index is 14.1. The SMILES string of the molecule is CC(C)C[C@H](NC(=O)CC(NC(=O)c1cccnc1)c1cccc(F)c1)B1O[C@@H]2C[C@@H]3C[C@@H](C3(C)C)[C@]2(C)O1. The number of nitrogens with zero attached hydrogens (tertiary/aromatic N) is 1. The Bertz CT molecular complexity index is 1210. The van der Waals surface area contributed by atoms with Crippen molar-refractivity contribution < 1.29 is 23.3 Å². The van der Waals surface area contributed by atoms with Gasteiger partial charge < -0.3 is 19.9 Å². The van der Waals surface area contributed by atoms with Gasteiger partial charge in [0, 0.05) is 12.4 Å². The molecule has 208 valence electrons. The molecule has 4 fully saturated rings.